The molecule has 14 rings (SSSR count). The van der Waals surface area contributed by atoms with Crippen LogP contribution in [0.4, 0.5) is 17.1 Å². The summed E-state index contributed by atoms with van der Waals surface area (Å²) in [6, 6.07) is 40.9. The van der Waals surface area contributed by atoms with Crippen LogP contribution in [-0.4, -0.2) is 0 Å². The van der Waals surface area contributed by atoms with Crippen LogP contribution in [0.5, 0.6) is 0 Å². The molecule has 1 heterocycles. The molecule has 0 N–H and O–H groups in total. The summed E-state index contributed by atoms with van der Waals surface area (Å²) in [6.07, 6.45) is 19.1. The van der Waals surface area contributed by atoms with Gasteiger partial charge in [0, 0.05) is 42.4 Å². The normalized spacial score (nSPS) is 31.4. The van der Waals surface area contributed by atoms with Gasteiger partial charge in [0.15, 0.2) is 0 Å². The van der Waals surface area contributed by atoms with Gasteiger partial charge in [-0.2, -0.15) is 0 Å². The SMILES string of the molecule is C=C/C=C\C1=C(C)C2(CC3CCC2C3)c2ccc(N(c3ccc4c(c3)-c3ccccc3C43C4CC5CC(C4)CC3C5)c3cccc4sc5ccccc5c34)cc21. The highest BCUT2D eigenvalue weighted by Gasteiger charge is 2.61. The van der Waals surface area contributed by atoms with E-state index in [1.807, 2.05) is 17.4 Å². The first-order chi connectivity index (χ1) is 27.6. The Morgan fingerprint density at radius 2 is 1.34 bits per heavy atom. The van der Waals surface area contributed by atoms with Crippen LogP contribution in [-0.2, 0) is 10.8 Å². The fourth-order valence-corrected chi connectivity index (χ4v) is 16.2. The lowest BCUT2D eigenvalue weighted by Gasteiger charge is -2.61. The van der Waals surface area contributed by atoms with Gasteiger partial charge in [-0.3, -0.25) is 0 Å². The van der Waals surface area contributed by atoms with Crippen molar-refractivity contribution in [2.75, 3.05) is 4.90 Å². The molecular formula is C54H49NS. The highest BCUT2D eigenvalue weighted by Crippen LogP contribution is 2.70. The lowest BCUT2D eigenvalue weighted by Crippen LogP contribution is -2.55. The number of hydrogen-bond acceptors (Lipinski definition) is 2. The zero-order valence-corrected chi connectivity index (χ0v) is 33.3. The Morgan fingerprint density at radius 1 is 0.643 bits per heavy atom. The Labute approximate surface area is 335 Å². The summed E-state index contributed by atoms with van der Waals surface area (Å²) in [4.78, 5) is 2.63. The molecule has 2 spiro atoms. The Morgan fingerprint density at radius 3 is 2.11 bits per heavy atom. The Hall–Kier alpha value is -4.66. The van der Waals surface area contributed by atoms with E-state index < -0.39 is 0 Å². The van der Waals surface area contributed by atoms with E-state index in [-0.39, 0.29) is 10.8 Å². The molecule has 6 bridgehead atoms. The van der Waals surface area contributed by atoms with Crippen molar-refractivity contribution in [3.05, 3.63) is 156 Å². The van der Waals surface area contributed by atoms with Gasteiger partial charge in [-0.15, -0.1) is 11.3 Å². The topological polar surface area (TPSA) is 3.24 Å². The van der Waals surface area contributed by atoms with Crippen LogP contribution in [0.2, 0.25) is 0 Å². The minimum absolute atomic E-state index is 0.170. The molecular weight excluding hydrogens is 695 g/mol. The number of allylic oxidation sites excluding steroid dienone is 5. The number of benzene rings is 5. The van der Waals surface area contributed by atoms with Crippen molar-refractivity contribution in [1.29, 1.82) is 0 Å². The molecule has 56 heavy (non-hydrogen) atoms. The van der Waals surface area contributed by atoms with Crippen molar-refractivity contribution in [2.45, 2.75) is 75.5 Å². The van der Waals surface area contributed by atoms with Crippen LogP contribution in [0.25, 0.3) is 36.9 Å². The monoisotopic (exact) mass is 743 g/mol. The summed E-state index contributed by atoms with van der Waals surface area (Å²) in [5.41, 5.74) is 16.3. The van der Waals surface area contributed by atoms with Gasteiger partial charge < -0.3 is 4.90 Å². The fourth-order valence-electron chi connectivity index (χ4n) is 15.1. The van der Waals surface area contributed by atoms with Crippen molar-refractivity contribution in [3.63, 3.8) is 0 Å². The first-order valence-corrected chi connectivity index (χ1v) is 22.5. The molecule has 8 aliphatic carbocycles. The molecule has 6 saturated carbocycles. The number of rotatable bonds is 5. The minimum Gasteiger partial charge on any atom is -0.310 e. The third kappa shape index (κ3) is 4.02. The maximum atomic E-state index is 4.09. The zero-order chi connectivity index (χ0) is 36.9. The third-order valence-electron chi connectivity index (χ3n) is 16.8. The molecule has 5 aromatic carbocycles. The number of thiophene rings is 1. The molecule has 0 radical (unpaired) electrons. The molecule has 1 aromatic heterocycles. The zero-order valence-electron chi connectivity index (χ0n) is 32.4. The second-order valence-corrected chi connectivity index (χ2v) is 20.0. The van der Waals surface area contributed by atoms with Crippen molar-refractivity contribution in [1.82, 2.24) is 0 Å². The van der Waals surface area contributed by atoms with E-state index in [4.69, 9.17) is 0 Å². The summed E-state index contributed by atoms with van der Waals surface area (Å²) in [5, 5.41) is 2.70. The van der Waals surface area contributed by atoms with Gasteiger partial charge in [-0.05, 0) is 175 Å². The average Bonchev–Trinajstić information content (AvgIpc) is 4.03. The van der Waals surface area contributed by atoms with Crippen molar-refractivity contribution >= 4 is 54.1 Å². The minimum atomic E-state index is 0.170. The molecule has 3 atom stereocenters. The van der Waals surface area contributed by atoms with Gasteiger partial charge in [0.2, 0.25) is 0 Å². The predicted molar refractivity (Wildman–Crippen MR) is 236 cm³/mol. The van der Waals surface area contributed by atoms with Crippen LogP contribution in [0.1, 0.15) is 87.0 Å². The number of fused-ring (bicyclic) bond motifs is 11. The molecule has 1 nitrogen and oxygen atoms in total. The fraction of sp³-hybridized carbons (Fsp3) is 0.333. The van der Waals surface area contributed by atoms with Crippen molar-refractivity contribution < 1.29 is 0 Å². The maximum absolute atomic E-state index is 4.09. The smallest absolute Gasteiger partial charge is 0.0554 e. The van der Waals surface area contributed by atoms with Crippen LogP contribution >= 0.6 is 11.3 Å². The Kier molecular flexibility index (Phi) is 6.65. The number of hydrogen-bond donors (Lipinski definition) is 0. The first-order valence-electron chi connectivity index (χ1n) is 21.7. The number of anilines is 3. The molecule has 276 valence electrons. The lowest BCUT2D eigenvalue weighted by atomic mass is 9.43. The molecule has 6 aromatic rings. The summed E-state index contributed by atoms with van der Waals surface area (Å²) in [7, 11) is 0. The average molecular weight is 744 g/mol. The van der Waals surface area contributed by atoms with E-state index in [0.29, 0.717) is 0 Å². The second-order valence-electron chi connectivity index (χ2n) is 18.9. The van der Waals surface area contributed by atoms with Crippen LogP contribution in [0.15, 0.2) is 134 Å². The van der Waals surface area contributed by atoms with Crippen LogP contribution in [0.3, 0.4) is 0 Å². The van der Waals surface area contributed by atoms with Crippen LogP contribution in [0, 0.1) is 35.5 Å². The third-order valence-corrected chi connectivity index (χ3v) is 17.9. The van der Waals surface area contributed by atoms with Gasteiger partial charge >= 0.3 is 0 Å². The molecule has 0 saturated heterocycles. The van der Waals surface area contributed by atoms with Gasteiger partial charge in [-0.1, -0.05) is 97.5 Å². The molecule has 6 fully saturated rings. The Bertz CT molecular complexity index is 2710. The highest BCUT2D eigenvalue weighted by molar-refractivity contribution is 7.26. The van der Waals surface area contributed by atoms with Gasteiger partial charge in [0.05, 0.1) is 5.69 Å². The van der Waals surface area contributed by atoms with Gasteiger partial charge in [0.25, 0.3) is 0 Å². The first kappa shape index (κ1) is 32.4. The molecule has 0 amide bonds. The summed E-state index contributed by atoms with van der Waals surface area (Å²) in [5.74, 6) is 5.03. The summed E-state index contributed by atoms with van der Waals surface area (Å²) in [6.45, 7) is 6.54. The summed E-state index contributed by atoms with van der Waals surface area (Å²) < 4.78 is 2.70. The van der Waals surface area contributed by atoms with Crippen LogP contribution < -0.4 is 4.90 Å². The van der Waals surface area contributed by atoms with E-state index in [1.165, 1.54) is 117 Å². The second kappa shape index (κ2) is 11.5. The van der Waals surface area contributed by atoms with E-state index >= 15 is 0 Å². The standard InChI is InChI=1S/C54H49NS/c1-3-4-10-41-32(2)53(31-33-17-18-36(53)24-33)46-21-19-39(29-44(41)46)55(49-14-9-16-51-52(49)43-12-6-8-15-50(43)56-51)40-20-22-48-45(30-40)42-11-5-7-13-47(42)54(48)37-25-34-23-35(27-37)28-38(54)26-34/h3-16,19-22,29-30,33-38H,1,17-18,23-28,31H2,2H3/b10-4-. The molecule has 0 aliphatic heterocycles. The molecule has 3 unspecified atom stereocenters. The highest BCUT2D eigenvalue weighted by atomic mass is 32.1. The van der Waals surface area contributed by atoms with E-state index in [2.05, 4.69) is 134 Å². The quantitative estimate of drug-likeness (QED) is 0.159. The lowest BCUT2D eigenvalue weighted by molar-refractivity contribution is -0.0399. The molecule has 2 heteroatoms. The predicted octanol–water partition coefficient (Wildman–Crippen LogP) is 14.8. The maximum Gasteiger partial charge on any atom is 0.0554 e. The van der Waals surface area contributed by atoms with Gasteiger partial charge in [-0.25, -0.2) is 0 Å². The van der Waals surface area contributed by atoms with E-state index in [9.17, 15) is 0 Å². The Balaban J connectivity index is 1.05. The number of nitrogens with zero attached hydrogens (tertiary/aromatic N) is 1. The summed E-state index contributed by atoms with van der Waals surface area (Å²) >= 11 is 1.92. The van der Waals surface area contributed by atoms with E-state index in [1.54, 1.807) is 22.3 Å². The van der Waals surface area contributed by atoms with Gasteiger partial charge in [0.1, 0.15) is 0 Å². The van der Waals surface area contributed by atoms with Crippen molar-refractivity contribution in [3.8, 4) is 11.1 Å². The molecule has 8 aliphatic rings. The largest absolute Gasteiger partial charge is 0.310 e. The van der Waals surface area contributed by atoms with Crippen molar-refractivity contribution in [2.24, 2.45) is 35.5 Å². The van der Waals surface area contributed by atoms with E-state index in [0.717, 1.165) is 35.5 Å².